The molecule has 17 heavy (non-hydrogen) atoms. The second kappa shape index (κ2) is 6.36. The van der Waals surface area contributed by atoms with E-state index in [0.29, 0.717) is 0 Å². The first kappa shape index (κ1) is 16.4. The molecule has 0 fully saturated rings. The van der Waals surface area contributed by atoms with Crippen LogP contribution in [0.25, 0.3) is 0 Å². The minimum absolute atomic E-state index is 0. The minimum atomic E-state index is -3.73. The number of pyridine rings is 1. The smallest absolute Gasteiger partial charge is 0.244 e. The van der Waals surface area contributed by atoms with Crippen LogP contribution in [0, 0.1) is 0 Å². The van der Waals surface area contributed by atoms with Crippen molar-refractivity contribution in [3.63, 3.8) is 0 Å². The molecule has 9 heteroatoms. The van der Waals surface area contributed by atoms with Crippen LogP contribution in [0.5, 0.6) is 0 Å². The van der Waals surface area contributed by atoms with Crippen molar-refractivity contribution in [3.05, 3.63) is 17.3 Å². The number of hydrogen-bond acceptors (Lipinski definition) is 5. The van der Waals surface area contributed by atoms with Crippen LogP contribution in [0.2, 0.25) is 5.02 Å². The molecule has 0 saturated carbocycles. The van der Waals surface area contributed by atoms with Gasteiger partial charge in [0.05, 0.1) is 5.02 Å². The highest BCUT2D eigenvalue weighted by atomic mass is 35.5. The summed E-state index contributed by atoms with van der Waals surface area (Å²) in [5.41, 5.74) is 10.8. The Bertz CT molecular complexity index is 480. The van der Waals surface area contributed by atoms with Crippen molar-refractivity contribution in [1.29, 1.82) is 0 Å². The molecule has 6 nitrogen and oxygen atoms in total. The van der Waals surface area contributed by atoms with Crippen molar-refractivity contribution in [2.24, 2.45) is 5.73 Å². The first-order valence-corrected chi connectivity index (χ1v) is 6.36. The number of halogens is 2. The first-order chi connectivity index (χ1) is 7.36. The monoisotopic (exact) mass is 300 g/mol. The number of nitrogens with zero attached hydrogens (tertiary/aromatic N) is 1. The maximum atomic E-state index is 11.8. The largest absolute Gasteiger partial charge is 0.383 e. The average Bonchev–Trinajstić information content (AvgIpc) is 2.20. The van der Waals surface area contributed by atoms with Gasteiger partial charge in [-0.05, 0) is 13.0 Å². The molecule has 0 aliphatic rings. The molecule has 1 rings (SSSR count). The summed E-state index contributed by atoms with van der Waals surface area (Å²) in [7, 11) is -3.73. The Morgan fingerprint density at radius 2 is 2.18 bits per heavy atom. The lowest BCUT2D eigenvalue weighted by Crippen LogP contribution is -2.38. The van der Waals surface area contributed by atoms with Crippen molar-refractivity contribution < 1.29 is 8.42 Å². The Morgan fingerprint density at radius 3 is 2.71 bits per heavy atom. The van der Waals surface area contributed by atoms with Crippen LogP contribution in [0.1, 0.15) is 6.92 Å². The summed E-state index contributed by atoms with van der Waals surface area (Å²) in [6.07, 6.45) is 1.28. The van der Waals surface area contributed by atoms with Gasteiger partial charge in [-0.3, -0.25) is 0 Å². The van der Waals surface area contributed by atoms with Gasteiger partial charge in [0.1, 0.15) is 10.7 Å². The summed E-state index contributed by atoms with van der Waals surface area (Å²) in [6, 6.07) is 0.860. The molecule has 1 aromatic heterocycles. The van der Waals surface area contributed by atoms with Gasteiger partial charge in [0, 0.05) is 18.8 Å². The molecule has 0 amide bonds. The van der Waals surface area contributed by atoms with Gasteiger partial charge in [-0.15, -0.1) is 12.4 Å². The lowest BCUT2D eigenvalue weighted by Gasteiger charge is -2.12. The number of sulfonamides is 1. The van der Waals surface area contributed by atoms with Gasteiger partial charge in [0.2, 0.25) is 10.0 Å². The predicted molar refractivity (Wildman–Crippen MR) is 69.7 cm³/mol. The molecule has 0 unspecified atom stereocenters. The fraction of sp³-hybridized carbons (Fsp3) is 0.375. The average molecular weight is 301 g/mol. The number of rotatable bonds is 4. The molecule has 5 N–H and O–H groups in total. The van der Waals surface area contributed by atoms with E-state index in [0.717, 1.165) is 0 Å². The zero-order valence-electron chi connectivity index (χ0n) is 9.05. The lowest BCUT2D eigenvalue weighted by atomic mass is 10.4. The van der Waals surface area contributed by atoms with Gasteiger partial charge in [0.25, 0.3) is 0 Å². The quantitative estimate of drug-likeness (QED) is 0.743. The topological polar surface area (TPSA) is 111 Å². The highest BCUT2D eigenvalue weighted by Crippen LogP contribution is 2.19. The van der Waals surface area contributed by atoms with Crippen LogP contribution in [0.15, 0.2) is 17.2 Å². The number of nitrogens with one attached hydrogen (secondary N) is 1. The fourth-order valence-corrected chi connectivity index (χ4v) is 2.61. The Hall–Kier alpha value is -0.600. The van der Waals surface area contributed by atoms with Gasteiger partial charge in [-0.25, -0.2) is 18.1 Å². The van der Waals surface area contributed by atoms with Crippen molar-refractivity contribution in [2.45, 2.75) is 17.9 Å². The third-order valence-corrected chi connectivity index (χ3v) is 3.67. The Kier molecular flexibility index (Phi) is 6.14. The Labute approximate surface area is 111 Å². The molecule has 0 spiro atoms. The van der Waals surface area contributed by atoms with E-state index in [9.17, 15) is 8.42 Å². The third-order valence-electron chi connectivity index (χ3n) is 1.85. The number of hydrogen-bond donors (Lipinski definition) is 3. The molecule has 0 aromatic carbocycles. The molecule has 98 valence electrons. The molecule has 0 aliphatic heterocycles. The molecule has 0 bridgehead atoms. The van der Waals surface area contributed by atoms with Gasteiger partial charge in [-0.2, -0.15) is 0 Å². The van der Waals surface area contributed by atoms with E-state index < -0.39 is 10.0 Å². The summed E-state index contributed by atoms with van der Waals surface area (Å²) in [4.78, 5) is 3.53. The number of aromatic nitrogens is 1. The van der Waals surface area contributed by atoms with E-state index >= 15 is 0 Å². The molecule has 1 atom stereocenters. The zero-order chi connectivity index (χ0) is 12.3. The minimum Gasteiger partial charge on any atom is -0.383 e. The summed E-state index contributed by atoms with van der Waals surface area (Å²) in [5, 5.41) is 0.204. The van der Waals surface area contributed by atoms with Crippen LogP contribution in [-0.4, -0.2) is 26.0 Å². The highest BCUT2D eigenvalue weighted by Gasteiger charge is 2.20. The normalized spacial score (nSPS) is 12.9. The van der Waals surface area contributed by atoms with Crippen LogP contribution in [-0.2, 0) is 10.0 Å². The van der Waals surface area contributed by atoms with Crippen LogP contribution < -0.4 is 16.2 Å². The molecular formula is C8H14Cl2N4O2S. The summed E-state index contributed by atoms with van der Waals surface area (Å²) < 4.78 is 26.0. The first-order valence-electron chi connectivity index (χ1n) is 4.50. The van der Waals surface area contributed by atoms with E-state index in [4.69, 9.17) is 23.1 Å². The molecule has 0 radical (unpaired) electrons. The summed E-state index contributed by atoms with van der Waals surface area (Å²) in [6.45, 7) is 1.83. The van der Waals surface area contributed by atoms with Crippen molar-refractivity contribution in [2.75, 3.05) is 12.3 Å². The van der Waals surface area contributed by atoms with Gasteiger partial charge >= 0.3 is 0 Å². The van der Waals surface area contributed by atoms with Crippen molar-refractivity contribution in [3.8, 4) is 0 Å². The van der Waals surface area contributed by atoms with E-state index in [1.54, 1.807) is 6.92 Å². The van der Waals surface area contributed by atoms with Gasteiger partial charge < -0.3 is 11.5 Å². The van der Waals surface area contributed by atoms with E-state index in [1.807, 2.05) is 0 Å². The highest BCUT2D eigenvalue weighted by molar-refractivity contribution is 7.89. The van der Waals surface area contributed by atoms with E-state index in [1.165, 1.54) is 12.3 Å². The second-order valence-electron chi connectivity index (χ2n) is 3.29. The van der Waals surface area contributed by atoms with Crippen LogP contribution in [0.4, 0.5) is 5.82 Å². The molecule has 0 aliphatic carbocycles. The van der Waals surface area contributed by atoms with E-state index in [2.05, 4.69) is 9.71 Å². The Morgan fingerprint density at radius 1 is 1.59 bits per heavy atom. The number of anilines is 1. The number of nitrogens with two attached hydrogens (primary N) is 2. The zero-order valence-corrected chi connectivity index (χ0v) is 11.4. The second-order valence-corrected chi connectivity index (χ2v) is 5.41. The molecule has 0 saturated heterocycles. The van der Waals surface area contributed by atoms with Crippen molar-refractivity contribution >= 4 is 39.8 Å². The fourth-order valence-electron chi connectivity index (χ4n) is 1.02. The SMILES string of the molecule is C[C@@H](CN)NS(=O)(=O)c1cc(Cl)cnc1N.Cl. The molecule has 1 aromatic rings. The maximum absolute atomic E-state index is 11.8. The van der Waals surface area contributed by atoms with Gasteiger partial charge in [-0.1, -0.05) is 11.6 Å². The summed E-state index contributed by atoms with van der Waals surface area (Å²) in [5.74, 6) is -0.0962. The van der Waals surface area contributed by atoms with E-state index in [-0.39, 0.29) is 40.7 Å². The maximum Gasteiger partial charge on any atom is 0.244 e. The Balaban J connectivity index is 0.00000256. The van der Waals surface area contributed by atoms with Crippen molar-refractivity contribution in [1.82, 2.24) is 9.71 Å². The van der Waals surface area contributed by atoms with Crippen LogP contribution in [0.3, 0.4) is 0 Å². The third kappa shape index (κ3) is 4.29. The lowest BCUT2D eigenvalue weighted by molar-refractivity contribution is 0.563. The van der Waals surface area contributed by atoms with Gasteiger partial charge in [0.15, 0.2) is 0 Å². The predicted octanol–water partition coefficient (Wildman–Crippen LogP) is 0.365. The summed E-state index contributed by atoms with van der Waals surface area (Å²) >= 11 is 5.66. The number of nitrogen functional groups attached to an aromatic ring is 1. The van der Waals surface area contributed by atoms with Crippen LogP contribution >= 0.6 is 24.0 Å². The molecule has 1 heterocycles. The standard InChI is InChI=1S/C8H13ClN4O2S.ClH/c1-5(3-10)13-16(14,15)7-2-6(9)4-12-8(7)11;/h2,4-5,13H,3,10H2,1H3,(H2,11,12);1H/t5-;/m0./s1. The molecular weight excluding hydrogens is 287 g/mol.